The van der Waals surface area contributed by atoms with Crippen molar-refractivity contribution in [2.45, 2.75) is 37.6 Å². The van der Waals surface area contributed by atoms with Gasteiger partial charge in [-0.05, 0) is 82.4 Å². The van der Waals surface area contributed by atoms with E-state index in [-0.39, 0.29) is 18.9 Å². The van der Waals surface area contributed by atoms with E-state index < -0.39 is 5.97 Å². The number of carboxylic acids is 1. The number of thioether (sulfide) groups is 1. The van der Waals surface area contributed by atoms with Gasteiger partial charge < -0.3 is 10.0 Å². The van der Waals surface area contributed by atoms with Crippen LogP contribution >= 0.6 is 55.8 Å². The van der Waals surface area contributed by atoms with Crippen LogP contribution in [0.1, 0.15) is 42.7 Å². The summed E-state index contributed by atoms with van der Waals surface area (Å²) in [5.74, 6) is -0.714. The normalized spacial score (nSPS) is 22.9. The van der Waals surface area contributed by atoms with E-state index in [1.165, 1.54) is 40.0 Å². The van der Waals surface area contributed by atoms with Gasteiger partial charge in [0.2, 0.25) is 0 Å². The third kappa shape index (κ3) is 4.29. The predicted octanol–water partition coefficient (Wildman–Crippen LogP) is 6.68. The summed E-state index contributed by atoms with van der Waals surface area (Å²) < 4.78 is 2.47. The lowest BCUT2D eigenvalue weighted by Gasteiger charge is -2.28. The lowest BCUT2D eigenvalue weighted by molar-refractivity contribution is -0.137. The van der Waals surface area contributed by atoms with Gasteiger partial charge in [0.15, 0.2) is 0 Å². The summed E-state index contributed by atoms with van der Waals surface area (Å²) in [6.45, 7) is 0.0944. The standard InChI is InChI=1S/C24H20Br2N2O3S2/c25-14-4-6-15(7-5-14)28-19-3-1-2-16(19)17-10-13(11-18(26)22(17)28)12-20-23(31)27(24(32)33-20)9-8-21(29)30/h4-7,10-12,16,19H,1-3,8-9H2,(H,29,30). The zero-order valence-corrected chi connectivity index (χ0v) is 22.3. The van der Waals surface area contributed by atoms with Crippen LogP contribution in [0.2, 0.25) is 0 Å². The van der Waals surface area contributed by atoms with Gasteiger partial charge in [-0.2, -0.15) is 0 Å². The zero-order chi connectivity index (χ0) is 23.3. The Morgan fingerprint density at radius 1 is 1.21 bits per heavy atom. The van der Waals surface area contributed by atoms with Crippen LogP contribution in [0.25, 0.3) is 6.08 Å². The number of halogens is 2. The molecule has 5 nitrogen and oxygen atoms in total. The number of benzene rings is 2. The molecule has 33 heavy (non-hydrogen) atoms. The monoisotopic (exact) mass is 606 g/mol. The van der Waals surface area contributed by atoms with Gasteiger partial charge in [0.1, 0.15) is 4.32 Å². The predicted molar refractivity (Wildman–Crippen MR) is 143 cm³/mol. The number of anilines is 2. The summed E-state index contributed by atoms with van der Waals surface area (Å²) in [4.78, 5) is 28.1. The van der Waals surface area contributed by atoms with Crippen molar-refractivity contribution in [2.75, 3.05) is 11.4 Å². The van der Waals surface area contributed by atoms with Gasteiger partial charge in [-0.15, -0.1) is 0 Å². The van der Waals surface area contributed by atoms with E-state index in [2.05, 4.69) is 73.2 Å². The Labute approximate surface area is 218 Å². The van der Waals surface area contributed by atoms with Gasteiger partial charge >= 0.3 is 5.97 Å². The molecule has 5 rings (SSSR count). The first-order chi connectivity index (χ1) is 15.8. The molecule has 170 valence electrons. The second-order valence-corrected chi connectivity index (χ2v) is 11.8. The fraction of sp³-hybridized carbons (Fsp3) is 0.292. The molecule has 1 saturated heterocycles. The van der Waals surface area contributed by atoms with Crippen LogP contribution in [0, 0.1) is 0 Å². The van der Waals surface area contributed by atoms with Crippen molar-refractivity contribution in [1.82, 2.24) is 4.90 Å². The molecule has 2 aliphatic heterocycles. The molecular formula is C24H20Br2N2O3S2. The maximum Gasteiger partial charge on any atom is 0.305 e. The van der Waals surface area contributed by atoms with Gasteiger partial charge in [-0.25, -0.2) is 0 Å². The number of thiocarbonyl (C=S) groups is 1. The average Bonchev–Trinajstić information content (AvgIpc) is 3.42. The third-order valence-electron chi connectivity index (χ3n) is 6.39. The Balaban J connectivity index is 1.49. The first-order valence-electron chi connectivity index (χ1n) is 10.7. The molecule has 2 heterocycles. The van der Waals surface area contributed by atoms with E-state index in [0.29, 0.717) is 21.2 Å². The lowest BCUT2D eigenvalue weighted by Crippen LogP contribution is -2.30. The van der Waals surface area contributed by atoms with Crippen LogP contribution < -0.4 is 4.90 Å². The first kappa shape index (κ1) is 23.1. The minimum Gasteiger partial charge on any atom is -0.481 e. The highest BCUT2D eigenvalue weighted by atomic mass is 79.9. The molecule has 1 saturated carbocycles. The van der Waals surface area contributed by atoms with E-state index in [0.717, 1.165) is 27.4 Å². The Morgan fingerprint density at radius 3 is 2.70 bits per heavy atom. The lowest BCUT2D eigenvalue weighted by atomic mass is 9.96. The zero-order valence-electron chi connectivity index (χ0n) is 17.5. The number of aliphatic carboxylic acids is 1. The number of fused-ring (bicyclic) bond motifs is 3. The van der Waals surface area contributed by atoms with Gasteiger partial charge in [0.25, 0.3) is 5.91 Å². The number of carbonyl (C=O) groups is 2. The van der Waals surface area contributed by atoms with E-state index in [4.69, 9.17) is 17.3 Å². The number of hydrogen-bond acceptors (Lipinski definition) is 5. The first-order valence-corrected chi connectivity index (χ1v) is 13.5. The Hall–Kier alpha value is -1.68. The van der Waals surface area contributed by atoms with Crippen LogP contribution in [0.3, 0.4) is 0 Å². The fourth-order valence-corrected chi connectivity index (χ4v) is 7.27. The minimum absolute atomic E-state index is 0.0944. The smallest absolute Gasteiger partial charge is 0.305 e. The van der Waals surface area contributed by atoms with E-state index in [1.54, 1.807) is 0 Å². The number of rotatable bonds is 5. The van der Waals surface area contributed by atoms with Crippen molar-refractivity contribution >= 4 is 89.5 Å². The highest BCUT2D eigenvalue weighted by Gasteiger charge is 2.43. The number of carbonyl (C=O) groups excluding carboxylic acids is 1. The number of hydrogen-bond donors (Lipinski definition) is 1. The molecule has 1 aliphatic carbocycles. The van der Waals surface area contributed by atoms with E-state index in [1.807, 2.05) is 6.08 Å². The van der Waals surface area contributed by atoms with Crippen molar-refractivity contribution in [3.63, 3.8) is 0 Å². The summed E-state index contributed by atoms with van der Waals surface area (Å²) >= 11 is 13.9. The van der Waals surface area contributed by atoms with Crippen LogP contribution in [0.15, 0.2) is 50.2 Å². The summed E-state index contributed by atoms with van der Waals surface area (Å²) in [5, 5.41) is 8.95. The van der Waals surface area contributed by atoms with E-state index >= 15 is 0 Å². The molecule has 2 aromatic carbocycles. The Bertz CT molecular complexity index is 1200. The van der Waals surface area contributed by atoms with Gasteiger partial charge in [-0.3, -0.25) is 14.5 Å². The molecule has 9 heteroatoms. The van der Waals surface area contributed by atoms with Crippen molar-refractivity contribution < 1.29 is 14.7 Å². The number of nitrogens with zero attached hydrogens (tertiary/aromatic N) is 2. The molecule has 2 atom stereocenters. The van der Waals surface area contributed by atoms with Crippen molar-refractivity contribution in [2.24, 2.45) is 0 Å². The Kier molecular flexibility index (Phi) is 6.41. The molecule has 3 aliphatic rings. The van der Waals surface area contributed by atoms with Crippen molar-refractivity contribution in [1.29, 1.82) is 0 Å². The van der Waals surface area contributed by atoms with Gasteiger partial charge in [-0.1, -0.05) is 46.3 Å². The maximum absolute atomic E-state index is 12.8. The molecule has 2 unspecified atom stereocenters. The molecule has 0 spiro atoms. The Morgan fingerprint density at radius 2 is 1.97 bits per heavy atom. The number of amides is 1. The second-order valence-electron chi connectivity index (χ2n) is 8.37. The summed E-state index contributed by atoms with van der Waals surface area (Å²) in [6, 6.07) is 13.1. The molecule has 0 bridgehead atoms. The quantitative estimate of drug-likeness (QED) is 0.302. The van der Waals surface area contributed by atoms with Gasteiger partial charge in [0.05, 0.1) is 17.0 Å². The average molecular weight is 608 g/mol. The molecule has 1 amide bonds. The summed E-state index contributed by atoms with van der Waals surface area (Å²) in [7, 11) is 0. The summed E-state index contributed by atoms with van der Waals surface area (Å²) in [5.41, 5.74) is 4.64. The maximum atomic E-state index is 12.8. The SMILES string of the molecule is O=C(O)CCN1C(=O)C(=Cc2cc(Br)c3c(c2)C2CCCC2N3c2ccc(Br)cc2)SC1=S. The topological polar surface area (TPSA) is 60.9 Å². The minimum atomic E-state index is -0.947. The molecule has 0 radical (unpaired) electrons. The second kappa shape index (κ2) is 9.17. The molecular weight excluding hydrogens is 588 g/mol. The molecule has 2 fully saturated rings. The summed E-state index contributed by atoms with van der Waals surface area (Å²) in [6.07, 6.45) is 5.25. The molecule has 0 aromatic heterocycles. The third-order valence-corrected chi connectivity index (χ3v) is 8.90. The van der Waals surface area contributed by atoms with Crippen LogP contribution in [0.4, 0.5) is 11.4 Å². The highest BCUT2D eigenvalue weighted by molar-refractivity contribution is 9.10. The highest BCUT2D eigenvalue weighted by Crippen LogP contribution is 2.55. The van der Waals surface area contributed by atoms with Crippen molar-refractivity contribution in [3.8, 4) is 0 Å². The van der Waals surface area contributed by atoms with E-state index in [9.17, 15) is 9.59 Å². The molecule has 2 aromatic rings. The van der Waals surface area contributed by atoms with Crippen LogP contribution in [-0.2, 0) is 9.59 Å². The van der Waals surface area contributed by atoms with Gasteiger partial charge in [0, 0.05) is 33.1 Å². The van der Waals surface area contributed by atoms with Crippen molar-refractivity contribution in [3.05, 3.63) is 61.4 Å². The fourth-order valence-electron chi connectivity index (χ4n) is 5.01. The molecule has 1 N–H and O–H groups in total. The number of carboxylic acid groups (broad SMARTS) is 1. The van der Waals surface area contributed by atoms with Crippen LogP contribution in [0.5, 0.6) is 0 Å². The van der Waals surface area contributed by atoms with Crippen LogP contribution in [-0.4, -0.2) is 38.8 Å². The largest absolute Gasteiger partial charge is 0.481 e.